The first kappa shape index (κ1) is 24.1. The molecular weight excluding hydrogens is 465 g/mol. The number of amides is 1. The summed E-state index contributed by atoms with van der Waals surface area (Å²) in [5.74, 6) is 0.762. The van der Waals surface area contributed by atoms with Crippen LogP contribution in [-0.2, 0) is 11.0 Å². The monoisotopic (exact) mass is 488 g/mol. The van der Waals surface area contributed by atoms with Crippen LogP contribution in [0.3, 0.4) is 0 Å². The third kappa shape index (κ3) is 5.19. The molecule has 0 N–H and O–H groups in total. The van der Waals surface area contributed by atoms with Crippen molar-refractivity contribution in [1.82, 2.24) is 5.01 Å². The van der Waals surface area contributed by atoms with Gasteiger partial charge in [-0.1, -0.05) is 43.7 Å². The van der Waals surface area contributed by atoms with E-state index in [1.165, 1.54) is 28.9 Å². The first-order valence-corrected chi connectivity index (χ1v) is 12.1. The zero-order valence-corrected chi connectivity index (χ0v) is 19.3. The summed E-state index contributed by atoms with van der Waals surface area (Å²) in [5.41, 5.74) is 0.230. The summed E-state index contributed by atoms with van der Waals surface area (Å²) >= 11 is 1.49. The number of carbonyl (C=O) groups excluding carboxylic acids is 1. The first-order chi connectivity index (χ1) is 16.3. The molecule has 2 heterocycles. The van der Waals surface area contributed by atoms with Gasteiger partial charge in [0.15, 0.2) is 0 Å². The molecule has 0 fully saturated rings. The molecule has 1 aliphatic heterocycles. The Balaban J connectivity index is 1.67. The zero-order chi connectivity index (χ0) is 24.3. The molecule has 0 unspecified atom stereocenters. The lowest BCUT2D eigenvalue weighted by atomic mass is 9.97. The molecule has 3 aromatic rings. The molecule has 1 aliphatic rings. The van der Waals surface area contributed by atoms with Crippen molar-refractivity contribution >= 4 is 34.3 Å². The SMILES string of the molecule is CCCCSCC(=O)N1N=C(c2cc3ccccc3oc2=O)C[C@@H]1c1ccc(C(F)(F)F)cc1. The highest BCUT2D eigenvalue weighted by atomic mass is 32.2. The van der Waals surface area contributed by atoms with Crippen LogP contribution in [-0.4, -0.2) is 28.1 Å². The molecule has 0 radical (unpaired) electrons. The molecule has 0 spiro atoms. The molecule has 0 saturated carbocycles. The lowest BCUT2D eigenvalue weighted by Gasteiger charge is -2.22. The highest BCUT2D eigenvalue weighted by Gasteiger charge is 2.35. The number of unbranched alkanes of at least 4 members (excludes halogenated alkanes) is 1. The number of hydrogen-bond acceptors (Lipinski definition) is 5. The number of alkyl halides is 3. The Bertz CT molecular complexity index is 1270. The summed E-state index contributed by atoms with van der Waals surface area (Å²) in [6, 6.07) is 12.8. The van der Waals surface area contributed by atoms with Gasteiger partial charge in [0.1, 0.15) is 5.58 Å². The van der Waals surface area contributed by atoms with E-state index in [1.54, 1.807) is 24.3 Å². The van der Waals surface area contributed by atoms with Gasteiger partial charge in [-0.15, -0.1) is 0 Å². The van der Waals surface area contributed by atoms with Gasteiger partial charge in [0.25, 0.3) is 5.91 Å². The van der Waals surface area contributed by atoms with E-state index in [1.807, 2.05) is 6.07 Å². The molecule has 0 bridgehead atoms. The number of halogens is 3. The maximum absolute atomic E-state index is 13.0. The van der Waals surface area contributed by atoms with E-state index in [0.717, 1.165) is 30.7 Å². The number of hydrazone groups is 1. The molecule has 0 saturated heterocycles. The van der Waals surface area contributed by atoms with Crippen LogP contribution in [0.15, 0.2) is 68.9 Å². The fourth-order valence-electron chi connectivity index (χ4n) is 3.79. The van der Waals surface area contributed by atoms with Gasteiger partial charge >= 0.3 is 11.8 Å². The number of hydrogen-bond donors (Lipinski definition) is 0. The van der Waals surface area contributed by atoms with Gasteiger partial charge in [0.05, 0.1) is 28.6 Å². The lowest BCUT2D eigenvalue weighted by molar-refractivity contribution is -0.137. The van der Waals surface area contributed by atoms with E-state index in [0.29, 0.717) is 22.2 Å². The average Bonchev–Trinajstić information content (AvgIpc) is 3.26. The Morgan fingerprint density at radius 3 is 2.62 bits per heavy atom. The molecule has 4 rings (SSSR count). The summed E-state index contributed by atoms with van der Waals surface area (Å²) in [5, 5.41) is 6.47. The minimum atomic E-state index is -4.45. The van der Waals surface area contributed by atoms with Gasteiger partial charge in [0, 0.05) is 11.8 Å². The molecule has 5 nitrogen and oxygen atoms in total. The van der Waals surface area contributed by atoms with Gasteiger partial charge in [0.2, 0.25) is 0 Å². The third-order valence-electron chi connectivity index (χ3n) is 5.61. The summed E-state index contributed by atoms with van der Waals surface area (Å²) in [4.78, 5) is 25.7. The molecule has 1 atom stereocenters. The molecular formula is C25H23F3N2O3S. The minimum absolute atomic E-state index is 0.194. The van der Waals surface area contributed by atoms with E-state index in [9.17, 15) is 22.8 Å². The van der Waals surface area contributed by atoms with Crippen molar-refractivity contribution in [3.8, 4) is 0 Å². The Kier molecular flexibility index (Phi) is 7.11. The number of nitrogens with zero attached hydrogens (tertiary/aromatic N) is 2. The number of rotatable bonds is 7. The number of para-hydroxylation sites is 1. The van der Waals surface area contributed by atoms with Gasteiger partial charge in [-0.25, -0.2) is 9.80 Å². The van der Waals surface area contributed by atoms with Crippen LogP contribution in [0.5, 0.6) is 0 Å². The second kappa shape index (κ2) is 10.0. The van der Waals surface area contributed by atoms with Gasteiger partial charge in [-0.3, -0.25) is 4.79 Å². The molecule has 178 valence electrons. The summed E-state index contributed by atoms with van der Waals surface area (Å²) in [6.07, 6.45) is -2.27. The van der Waals surface area contributed by atoms with E-state index in [-0.39, 0.29) is 23.6 Å². The van der Waals surface area contributed by atoms with Crippen molar-refractivity contribution < 1.29 is 22.4 Å². The van der Waals surface area contributed by atoms with Crippen LogP contribution >= 0.6 is 11.8 Å². The van der Waals surface area contributed by atoms with Crippen LogP contribution in [0.1, 0.15) is 48.9 Å². The molecule has 34 heavy (non-hydrogen) atoms. The second-order valence-electron chi connectivity index (χ2n) is 8.02. The van der Waals surface area contributed by atoms with E-state index < -0.39 is 23.4 Å². The van der Waals surface area contributed by atoms with E-state index in [2.05, 4.69) is 12.0 Å². The summed E-state index contributed by atoms with van der Waals surface area (Å²) in [7, 11) is 0. The quantitative estimate of drug-likeness (QED) is 0.301. The van der Waals surface area contributed by atoms with Gasteiger partial charge in [-0.2, -0.15) is 30.0 Å². The Morgan fingerprint density at radius 1 is 1.18 bits per heavy atom. The predicted molar refractivity (Wildman–Crippen MR) is 127 cm³/mol. The van der Waals surface area contributed by atoms with Gasteiger partial charge in [-0.05, 0) is 42.0 Å². The fourth-order valence-corrected chi connectivity index (χ4v) is 4.74. The van der Waals surface area contributed by atoms with Crippen LogP contribution in [0, 0.1) is 0 Å². The maximum atomic E-state index is 13.0. The van der Waals surface area contributed by atoms with Crippen molar-refractivity contribution in [3.05, 3.63) is 81.7 Å². The average molecular weight is 489 g/mol. The highest BCUT2D eigenvalue weighted by molar-refractivity contribution is 7.99. The third-order valence-corrected chi connectivity index (χ3v) is 6.64. The van der Waals surface area contributed by atoms with Crippen LogP contribution < -0.4 is 5.63 Å². The topological polar surface area (TPSA) is 62.9 Å². The fraction of sp³-hybridized carbons (Fsp3) is 0.320. The maximum Gasteiger partial charge on any atom is 0.416 e. The Labute approximate surface area is 198 Å². The van der Waals surface area contributed by atoms with Crippen LogP contribution in [0.4, 0.5) is 13.2 Å². The number of carbonyl (C=O) groups is 1. The largest absolute Gasteiger partial charge is 0.422 e. The van der Waals surface area contributed by atoms with Crippen molar-refractivity contribution in [2.45, 2.75) is 38.4 Å². The second-order valence-corrected chi connectivity index (χ2v) is 9.12. The van der Waals surface area contributed by atoms with Gasteiger partial charge < -0.3 is 4.42 Å². The normalized spacial score (nSPS) is 16.2. The lowest BCUT2D eigenvalue weighted by Crippen LogP contribution is -2.28. The standard InChI is InChI=1S/C25H23F3N2O3S/c1-2-3-12-34-15-23(31)30-21(16-8-10-18(11-9-16)25(26,27)28)14-20(29-30)19-13-17-6-4-5-7-22(17)33-24(19)32/h4-11,13,21H,2-3,12,14-15H2,1H3/t21-/m1/s1. The number of fused-ring (bicyclic) bond motifs is 1. The van der Waals surface area contributed by atoms with Crippen molar-refractivity contribution in [2.75, 3.05) is 11.5 Å². The molecule has 2 aromatic carbocycles. The zero-order valence-electron chi connectivity index (χ0n) is 18.5. The predicted octanol–water partition coefficient (Wildman–Crippen LogP) is 6.02. The van der Waals surface area contributed by atoms with Crippen molar-refractivity contribution in [3.63, 3.8) is 0 Å². The Hall–Kier alpha value is -3.07. The van der Waals surface area contributed by atoms with E-state index in [4.69, 9.17) is 4.42 Å². The van der Waals surface area contributed by atoms with Crippen LogP contribution in [0.25, 0.3) is 11.0 Å². The van der Waals surface area contributed by atoms with Crippen molar-refractivity contribution in [2.24, 2.45) is 5.10 Å². The summed E-state index contributed by atoms with van der Waals surface area (Å²) < 4.78 is 44.5. The van der Waals surface area contributed by atoms with Crippen molar-refractivity contribution in [1.29, 1.82) is 0 Å². The van der Waals surface area contributed by atoms with Crippen LogP contribution in [0.2, 0.25) is 0 Å². The van der Waals surface area contributed by atoms with E-state index >= 15 is 0 Å². The number of benzene rings is 2. The summed E-state index contributed by atoms with van der Waals surface area (Å²) in [6.45, 7) is 2.06. The highest BCUT2D eigenvalue weighted by Crippen LogP contribution is 2.35. The Morgan fingerprint density at radius 2 is 1.91 bits per heavy atom. The first-order valence-electron chi connectivity index (χ1n) is 11.0. The smallest absolute Gasteiger partial charge is 0.416 e. The molecule has 9 heteroatoms. The molecule has 1 amide bonds. The minimum Gasteiger partial charge on any atom is -0.422 e. The molecule has 1 aromatic heterocycles. The molecule has 0 aliphatic carbocycles. The number of thioether (sulfide) groups is 1.